The number of pyridine rings is 1. The van der Waals surface area contributed by atoms with Gasteiger partial charge in [-0.2, -0.15) is 0 Å². The molecule has 0 aliphatic rings. The fourth-order valence-electron chi connectivity index (χ4n) is 1.02. The Kier molecular flexibility index (Phi) is 4.02. The van der Waals surface area contributed by atoms with Crippen molar-refractivity contribution in [1.82, 2.24) is 4.98 Å². The highest BCUT2D eigenvalue weighted by atomic mass is 35.5. The molecule has 1 heterocycles. The highest BCUT2D eigenvalue weighted by Crippen LogP contribution is 2.24. The molecule has 1 aromatic rings. The van der Waals surface area contributed by atoms with Crippen LogP contribution in [0, 0.1) is 6.92 Å². The van der Waals surface area contributed by atoms with E-state index in [2.05, 4.69) is 10.3 Å². The van der Waals surface area contributed by atoms with Gasteiger partial charge in [0.2, 0.25) is 0 Å². The van der Waals surface area contributed by atoms with Crippen molar-refractivity contribution in [2.75, 3.05) is 5.32 Å². The monoisotopic (exact) mass is 232 g/mol. The lowest BCUT2D eigenvalue weighted by Gasteiger charge is -2.18. The van der Waals surface area contributed by atoms with Crippen LogP contribution in [0.5, 0.6) is 0 Å². The Bertz CT molecular complexity index is 313. The van der Waals surface area contributed by atoms with Gasteiger partial charge in [0.1, 0.15) is 0 Å². The number of nitrogens with one attached hydrogen (secondary N) is 1. The van der Waals surface area contributed by atoms with Crippen LogP contribution in [-0.2, 0) is 0 Å². The van der Waals surface area contributed by atoms with Crippen LogP contribution in [0.3, 0.4) is 0 Å². The van der Waals surface area contributed by atoms with Gasteiger partial charge in [0, 0.05) is 12.2 Å². The number of halogens is 2. The predicted octanol–water partition coefficient (Wildman–Crippen LogP) is 3.47. The van der Waals surface area contributed by atoms with Crippen molar-refractivity contribution in [3.05, 3.63) is 23.0 Å². The summed E-state index contributed by atoms with van der Waals surface area (Å²) in [5.74, 6) is 0. The van der Waals surface area contributed by atoms with Crippen molar-refractivity contribution in [2.24, 2.45) is 0 Å². The second-order valence-electron chi connectivity index (χ2n) is 3.37. The van der Waals surface area contributed by atoms with Gasteiger partial charge in [-0.1, -0.05) is 11.6 Å². The lowest BCUT2D eigenvalue weighted by atomic mass is 10.2. The van der Waals surface area contributed by atoms with Crippen LogP contribution < -0.4 is 5.32 Å². The van der Waals surface area contributed by atoms with Crippen molar-refractivity contribution in [2.45, 2.75) is 32.2 Å². The first-order valence-corrected chi connectivity index (χ1v) is 5.35. The van der Waals surface area contributed by atoms with Gasteiger partial charge in [0.15, 0.2) is 0 Å². The van der Waals surface area contributed by atoms with Crippen LogP contribution in [0.1, 0.15) is 19.5 Å². The van der Waals surface area contributed by atoms with Gasteiger partial charge in [-0.05, 0) is 26.8 Å². The van der Waals surface area contributed by atoms with Gasteiger partial charge < -0.3 is 5.32 Å². The number of aryl methyl sites for hydroxylation is 1. The van der Waals surface area contributed by atoms with E-state index in [4.69, 9.17) is 23.2 Å². The van der Waals surface area contributed by atoms with Gasteiger partial charge in [0.25, 0.3) is 0 Å². The number of nitrogens with zero attached hydrogens (tertiary/aromatic N) is 1. The van der Waals surface area contributed by atoms with E-state index in [1.807, 2.05) is 26.8 Å². The minimum atomic E-state index is 0.0551. The van der Waals surface area contributed by atoms with E-state index in [1.165, 1.54) is 0 Å². The fraction of sp³-hybridized carbons (Fsp3) is 0.500. The molecule has 0 aliphatic carbocycles. The van der Waals surface area contributed by atoms with Crippen molar-refractivity contribution in [3.8, 4) is 0 Å². The van der Waals surface area contributed by atoms with Gasteiger partial charge in [0.05, 0.1) is 21.8 Å². The Morgan fingerprint density at radius 1 is 1.43 bits per heavy atom. The summed E-state index contributed by atoms with van der Waals surface area (Å²) < 4.78 is 0. The van der Waals surface area contributed by atoms with Gasteiger partial charge in [-0.25, -0.2) is 0 Å². The number of hydrogen-bond acceptors (Lipinski definition) is 2. The van der Waals surface area contributed by atoms with Crippen LogP contribution in [0.25, 0.3) is 0 Å². The maximum absolute atomic E-state index is 6.07. The first-order valence-electron chi connectivity index (χ1n) is 4.54. The molecule has 0 fully saturated rings. The largest absolute Gasteiger partial charge is 0.380 e. The van der Waals surface area contributed by atoms with Crippen molar-refractivity contribution >= 4 is 28.9 Å². The predicted molar refractivity (Wildman–Crippen MR) is 62.4 cm³/mol. The Balaban J connectivity index is 2.82. The molecule has 1 N–H and O–H groups in total. The first kappa shape index (κ1) is 11.6. The average molecular weight is 233 g/mol. The first-order chi connectivity index (χ1) is 6.52. The summed E-state index contributed by atoms with van der Waals surface area (Å²) in [4.78, 5) is 4.09. The maximum atomic E-state index is 6.07. The molecule has 0 aliphatic heterocycles. The van der Waals surface area contributed by atoms with Gasteiger partial charge in [-0.15, -0.1) is 11.6 Å². The molecule has 0 saturated heterocycles. The normalized spacial score (nSPS) is 14.9. The van der Waals surface area contributed by atoms with E-state index in [0.717, 1.165) is 11.4 Å². The third-order valence-electron chi connectivity index (χ3n) is 2.14. The van der Waals surface area contributed by atoms with E-state index in [1.54, 1.807) is 6.20 Å². The summed E-state index contributed by atoms with van der Waals surface area (Å²) in [5, 5.41) is 3.97. The fourth-order valence-corrected chi connectivity index (χ4v) is 1.25. The number of alkyl halides is 1. The minimum absolute atomic E-state index is 0.0551. The smallest absolute Gasteiger partial charge is 0.0849 e. The zero-order valence-corrected chi connectivity index (χ0v) is 10.0. The molecule has 1 aromatic heterocycles. The molecule has 14 heavy (non-hydrogen) atoms. The molecule has 0 saturated carbocycles. The second kappa shape index (κ2) is 4.85. The maximum Gasteiger partial charge on any atom is 0.0849 e. The zero-order valence-electron chi connectivity index (χ0n) is 8.51. The van der Waals surface area contributed by atoms with Crippen molar-refractivity contribution < 1.29 is 0 Å². The SMILES string of the molecule is Cc1nccc(NC(C)C(C)Cl)c1Cl. The highest BCUT2D eigenvalue weighted by Gasteiger charge is 2.11. The molecular formula is C10H14Cl2N2. The van der Waals surface area contributed by atoms with Gasteiger partial charge >= 0.3 is 0 Å². The lowest BCUT2D eigenvalue weighted by molar-refractivity contribution is 0.772. The number of rotatable bonds is 3. The van der Waals surface area contributed by atoms with Crippen LogP contribution >= 0.6 is 23.2 Å². The summed E-state index contributed by atoms with van der Waals surface area (Å²) in [6.45, 7) is 5.84. The van der Waals surface area contributed by atoms with Crippen molar-refractivity contribution in [1.29, 1.82) is 0 Å². The summed E-state index contributed by atoms with van der Waals surface area (Å²) in [6.07, 6.45) is 1.73. The third kappa shape index (κ3) is 2.76. The molecule has 78 valence electrons. The average Bonchev–Trinajstić information content (AvgIpc) is 2.12. The molecule has 2 atom stereocenters. The quantitative estimate of drug-likeness (QED) is 0.808. The standard InChI is InChI=1S/C10H14Cl2N2/c1-6(11)7(2)14-9-4-5-13-8(3)10(9)12/h4-7H,1-3H3,(H,13,14). The molecule has 0 bridgehead atoms. The molecule has 4 heteroatoms. The topological polar surface area (TPSA) is 24.9 Å². The Morgan fingerprint density at radius 2 is 2.07 bits per heavy atom. The second-order valence-corrected chi connectivity index (χ2v) is 4.43. The van der Waals surface area contributed by atoms with Crippen LogP contribution in [0.4, 0.5) is 5.69 Å². The molecule has 2 unspecified atom stereocenters. The van der Waals surface area contributed by atoms with E-state index in [-0.39, 0.29) is 11.4 Å². The zero-order chi connectivity index (χ0) is 10.7. The van der Waals surface area contributed by atoms with E-state index < -0.39 is 0 Å². The van der Waals surface area contributed by atoms with E-state index in [0.29, 0.717) is 5.02 Å². The Labute approximate surface area is 94.6 Å². The molecule has 1 rings (SSSR count). The molecule has 0 spiro atoms. The van der Waals surface area contributed by atoms with E-state index >= 15 is 0 Å². The summed E-state index contributed by atoms with van der Waals surface area (Å²) >= 11 is 12.0. The minimum Gasteiger partial charge on any atom is -0.380 e. The van der Waals surface area contributed by atoms with E-state index in [9.17, 15) is 0 Å². The number of hydrogen-bond donors (Lipinski definition) is 1. The van der Waals surface area contributed by atoms with Crippen LogP contribution in [0.15, 0.2) is 12.3 Å². The molecule has 2 nitrogen and oxygen atoms in total. The molecule has 0 amide bonds. The number of anilines is 1. The molecule has 0 aromatic carbocycles. The summed E-state index contributed by atoms with van der Waals surface area (Å²) in [5.41, 5.74) is 1.71. The molecular weight excluding hydrogens is 219 g/mol. The van der Waals surface area contributed by atoms with Crippen LogP contribution in [-0.4, -0.2) is 16.4 Å². The third-order valence-corrected chi connectivity index (χ3v) is 2.99. The Morgan fingerprint density at radius 3 is 2.64 bits per heavy atom. The highest BCUT2D eigenvalue weighted by molar-refractivity contribution is 6.33. The Hall–Kier alpha value is -0.470. The molecule has 0 radical (unpaired) electrons. The lowest BCUT2D eigenvalue weighted by Crippen LogP contribution is -2.24. The summed E-state index contributed by atoms with van der Waals surface area (Å²) in [7, 11) is 0. The van der Waals surface area contributed by atoms with Gasteiger partial charge in [-0.3, -0.25) is 4.98 Å². The summed E-state index contributed by atoms with van der Waals surface area (Å²) in [6, 6.07) is 2.03. The number of aromatic nitrogens is 1. The van der Waals surface area contributed by atoms with Crippen LogP contribution in [0.2, 0.25) is 5.02 Å². The van der Waals surface area contributed by atoms with Crippen molar-refractivity contribution in [3.63, 3.8) is 0 Å².